The summed E-state index contributed by atoms with van der Waals surface area (Å²) in [6.45, 7) is 2.54. The highest BCUT2D eigenvalue weighted by molar-refractivity contribution is 7.91. The first-order chi connectivity index (χ1) is 13.4. The molecule has 1 amide bonds. The molecule has 7 heteroatoms. The maximum Gasteiger partial charge on any atom is 0.268 e. The molecule has 1 aliphatic heterocycles. The van der Waals surface area contributed by atoms with Gasteiger partial charge in [-0.05, 0) is 54.1 Å². The van der Waals surface area contributed by atoms with E-state index in [2.05, 4.69) is 4.72 Å². The van der Waals surface area contributed by atoms with Crippen LogP contribution in [0.4, 0.5) is 11.4 Å². The van der Waals surface area contributed by atoms with Crippen LogP contribution in [0.15, 0.2) is 60.0 Å². The minimum Gasteiger partial charge on any atom is -0.307 e. The van der Waals surface area contributed by atoms with Crippen LogP contribution in [0.1, 0.15) is 26.4 Å². The predicted octanol–water partition coefficient (Wildman–Crippen LogP) is 4.20. The van der Waals surface area contributed by atoms with Gasteiger partial charge in [-0.2, -0.15) is 0 Å². The fourth-order valence-corrected chi connectivity index (χ4v) is 5.29. The van der Waals surface area contributed by atoms with E-state index in [1.54, 1.807) is 11.0 Å². The lowest BCUT2D eigenvalue weighted by molar-refractivity contribution is 0.0993. The van der Waals surface area contributed by atoms with E-state index in [0.29, 0.717) is 23.5 Å². The maximum absolute atomic E-state index is 12.6. The Morgan fingerprint density at radius 2 is 2.00 bits per heavy atom. The minimum absolute atomic E-state index is 0.0125. The van der Waals surface area contributed by atoms with E-state index in [9.17, 15) is 13.2 Å². The van der Waals surface area contributed by atoms with E-state index in [4.69, 9.17) is 0 Å². The highest BCUT2D eigenvalue weighted by Gasteiger charge is 2.26. The Labute approximate surface area is 168 Å². The Kier molecular flexibility index (Phi) is 4.95. The smallest absolute Gasteiger partial charge is 0.268 e. The van der Waals surface area contributed by atoms with Gasteiger partial charge < -0.3 is 4.90 Å². The van der Waals surface area contributed by atoms with E-state index in [0.717, 1.165) is 22.4 Å². The van der Waals surface area contributed by atoms with Crippen LogP contribution in [-0.2, 0) is 22.2 Å². The zero-order valence-corrected chi connectivity index (χ0v) is 17.0. The van der Waals surface area contributed by atoms with E-state index in [-0.39, 0.29) is 11.7 Å². The number of carbonyl (C=O) groups is 1. The molecule has 4 rings (SSSR count). The maximum atomic E-state index is 12.6. The summed E-state index contributed by atoms with van der Waals surface area (Å²) >= 11 is 1.42. The molecule has 0 saturated carbocycles. The quantitative estimate of drug-likeness (QED) is 0.683. The van der Waals surface area contributed by atoms with Crippen LogP contribution in [0.2, 0.25) is 0 Å². The lowest BCUT2D eigenvalue weighted by atomic mass is 10.1. The minimum atomic E-state index is -3.52. The molecule has 0 saturated heterocycles. The third kappa shape index (κ3) is 3.95. The fraction of sp³-hybridized carbons (Fsp3) is 0.190. The van der Waals surface area contributed by atoms with E-state index in [1.165, 1.54) is 11.3 Å². The summed E-state index contributed by atoms with van der Waals surface area (Å²) in [5.41, 5.74) is 4.12. The Hall–Kier alpha value is -2.64. The number of carbonyl (C=O) groups excluding carboxylic acids is 1. The second kappa shape index (κ2) is 7.41. The van der Waals surface area contributed by atoms with E-state index >= 15 is 0 Å². The molecule has 0 fully saturated rings. The van der Waals surface area contributed by atoms with Gasteiger partial charge in [0.1, 0.15) is 0 Å². The number of nitrogens with zero attached hydrogens (tertiary/aromatic N) is 1. The fourth-order valence-electron chi connectivity index (χ4n) is 3.45. The topological polar surface area (TPSA) is 66.5 Å². The number of anilines is 2. The second-order valence-corrected chi connectivity index (χ2v) is 9.55. The molecule has 0 atom stereocenters. The zero-order valence-electron chi connectivity index (χ0n) is 15.4. The van der Waals surface area contributed by atoms with E-state index in [1.807, 2.05) is 60.8 Å². The van der Waals surface area contributed by atoms with E-state index < -0.39 is 10.0 Å². The number of benzene rings is 2. The van der Waals surface area contributed by atoms with Crippen LogP contribution in [0.5, 0.6) is 0 Å². The van der Waals surface area contributed by atoms with Crippen LogP contribution in [0.3, 0.4) is 0 Å². The average Bonchev–Trinajstić information content (AvgIpc) is 3.30. The molecule has 0 bridgehead atoms. The van der Waals surface area contributed by atoms with Gasteiger partial charge in [0.15, 0.2) is 0 Å². The third-order valence-corrected chi connectivity index (χ3v) is 6.78. The largest absolute Gasteiger partial charge is 0.307 e. The van der Waals surface area contributed by atoms with Gasteiger partial charge >= 0.3 is 0 Å². The number of aryl methyl sites for hydroxylation is 1. The highest BCUT2D eigenvalue weighted by Crippen LogP contribution is 2.32. The summed E-state index contributed by atoms with van der Waals surface area (Å²) in [5, 5.41) is 1.89. The van der Waals surface area contributed by atoms with Gasteiger partial charge in [-0.25, -0.2) is 8.42 Å². The molecule has 0 radical (unpaired) electrons. The number of thiophene rings is 1. The SMILES string of the molecule is Cc1cccc(CS(=O)(=O)Nc2ccc3c(c2)CCN3C(=O)c2cccs2)c1. The Balaban J connectivity index is 1.51. The van der Waals surface area contributed by atoms with Crippen LogP contribution in [-0.4, -0.2) is 20.9 Å². The van der Waals surface area contributed by atoms with Gasteiger partial charge in [-0.15, -0.1) is 11.3 Å². The first kappa shape index (κ1) is 18.7. The van der Waals surface area contributed by atoms with Crippen LogP contribution in [0, 0.1) is 6.92 Å². The standard InChI is InChI=1S/C21H20N2O3S2/c1-15-4-2-5-16(12-15)14-28(25,26)22-18-7-8-19-17(13-18)9-10-23(19)21(24)20-6-3-11-27-20/h2-8,11-13,22H,9-10,14H2,1H3. The molecular weight excluding hydrogens is 392 g/mol. The molecule has 1 N–H and O–H groups in total. The molecule has 0 spiro atoms. The number of fused-ring (bicyclic) bond motifs is 1. The predicted molar refractivity (Wildman–Crippen MR) is 114 cm³/mol. The van der Waals surface area contributed by atoms with Crippen molar-refractivity contribution in [3.63, 3.8) is 0 Å². The van der Waals surface area contributed by atoms with Gasteiger partial charge in [0.25, 0.3) is 5.91 Å². The van der Waals surface area contributed by atoms with Crippen molar-refractivity contribution in [3.05, 3.63) is 81.5 Å². The number of hydrogen-bond acceptors (Lipinski definition) is 4. The number of amides is 1. The molecule has 1 aromatic heterocycles. The summed E-state index contributed by atoms with van der Waals surface area (Å²) < 4.78 is 27.7. The number of nitrogens with one attached hydrogen (secondary N) is 1. The molecule has 144 valence electrons. The Morgan fingerprint density at radius 3 is 2.75 bits per heavy atom. The first-order valence-electron chi connectivity index (χ1n) is 8.96. The molecule has 3 aromatic rings. The highest BCUT2D eigenvalue weighted by atomic mass is 32.2. The second-order valence-electron chi connectivity index (χ2n) is 6.88. The summed E-state index contributed by atoms with van der Waals surface area (Å²) in [6.07, 6.45) is 0.708. The lowest BCUT2D eigenvalue weighted by Crippen LogP contribution is -2.28. The van der Waals surface area contributed by atoms with Crippen LogP contribution in [0.25, 0.3) is 0 Å². The van der Waals surface area contributed by atoms with Gasteiger partial charge in [-0.1, -0.05) is 35.9 Å². The van der Waals surface area contributed by atoms with Crippen molar-refractivity contribution in [2.45, 2.75) is 19.1 Å². The van der Waals surface area contributed by atoms with Crippen LogP contribution < -0.4 is 9.62 Å². The van der Waals surface area contributed by atoms with Crippen molar-refractivity contribution in [3.8, 4) is 0 Å². The Morgan fingerprint density at radius 1 is 1.14 bits per heavy atom. The number of sulfonamides is 1. The average molecular weight is 413 g/mol. The molecule has 2 heterocycles. The first-order valence-corrected chi connectivity index (χ1v) is 11.5. The number of hydrogen-bond donors (Lipinski definition) is 1. The van der Waals surface area contributed by atoms with Crippen molar-refractivity contribution < 1.29 is 13.2 Å². The molecule has 0 unspecified atom stereocenters. The monoisotopic (exact) mass is 412 g/mol. The van der Waals surface area contributed by atoms with Crippen molar-refractivity contribution in [2.24, 2.45) is 0 Å². The number of rotatable bonds is 5. The van der Waals surface area contributed by atoms with Crippen molar-refractivity contribution in [2.75, 3.05) is 16.2 Å². The summed E-state index contributed by atoms with van der Waals surface area (Å²) in [4.78, 5) is 15.1. The van der Waals surface area contributed by atoms with Gasteiger partial charge in [0.2, 0.25) is 10.0 Å². The molecule has 28 heavy (non-hydrogen) atoms. The van der Waals surface area contributed by atoms with Crippen LogP contribution >= 0.6 is 11.3 Å². The Bertz CT molecular complexity index is 1120. The molecule has 0 aliphatic carbocycles. The normalized spacial score (nSPS) is 13.4. The summed E-state index contributed by atoms with van der Waals surface area (Å²) in [5.74, 6) is -0.0871. The van der Waals surface area contributed by atoms with Crippen molar-refractivity contribution >= 4 is 38.6 Å². The molecule has 2 aromatic carbocycles. The summed E-state index contributed by atoms with van der Waals surface area (Å²) in [6, 6.07) is 16.5. The summed E-state index contributed by atoms with van der Waals surface area (Å²) in [7, 11) is -3.52. The molecular formula is C21H20N2O3S2. The van der Waals surface area contributed by atoms with Gasteiger partial charge in [-0.3, -0.25) is 9.52 Å². The lowest BCUT2D eigenvalue weighted by Gasteiger charge is -2.17. The molecule has 5 nitrogen and oxygen atoms in total. The van der Waals surface area contributed by atoms with Crippen molar-refractivity contribution in [1.29, 1.82) is 0 Å². The third-order valence-electron chi connectivity index (χ3n) is 4.66. The zero-order chi connectivity index (χ0) is 19.7. The van der Waals surface area contributed by atoms with Gasteiger partial charge in [0, 0.05) is 17.9 Å². The molecule has 1 aliphatic rings. The van der Waals surface area contributed by atoms with Crippen molar-refractivity contribution in [1.82, 2.24) is 0 Å². The van der Waals surface area contributed by atoms with Gasteiger partial charge in [0.05, 0.1) is 10.6 Å².